The molecule has 0 aromatic heterocycles. The fourth-order valence-corrected chi connectivity index (χ4v) is 18.0. The van der Waals surface area contributed by atoms with Crippen LogP contribution in [0.25, 0.3) is 0 Å². The van der Waals surface area contributed by atoms with Gasteiger partial charge in [0.1, 0.15) is 11.5 Å². The van der Waals surface area contributed by atoms with Crippen molar-refractivity contribution in [1.82, 2.24) is 9.80 Å². The van der Waals surface area contributed by atoms with E-state index in [2.05, 4.69) is 118 Å². The Morgan fingerprint density at radius 2 is 0.786 bits per heavy atom. The number of esters is 4. The van der Waals surface area contributed by atoms with Gasteiger partial charge in [0, 0.05) is 24.1 Å². The summed E-state index contributed by atoms with van der Waals surface area (Å²) in [5.41, 5.74) is 6.17. The number of fused-ring (bicyclic) bond motifs is 2. The molecular weight excluding hydrogens is 1240 g/mol. The monoisotopic (exact) mass is 1390 g/mol. The fraction of sp³-hybridized carbons (Fsp3) is 0.859. The maximum Gasteiger partial charge on any atom is 0.311 e. The van der Waals surface area contributed by atoms with E-state index >= 15 is 0 Å². The second-order valence-electron chi connectivity index (χ2n) is 34.1. The van der Waals surface area contributed by atoms with Crippen molar-refractivity contribution in [2.75, 3.05) is 64.0 Å². The van der Waals surface area contributed by atoms with Gasteiger partial charge in [-0.25, -0.2) is 0 Å². The molecule has 0 bridgehead atoms. The third-order valence-corrected chi connectivity index (χ3v) is 25.5. The van der Waals surface area contributed by atoms with Crippen LogP contribution in [0.5, 0.6) is 0 Å². The number of ether oxygens (including phenoxy) is 6. The van der Waals surface area contributed by atoms with E-state index in [4.69, 9.17) is 28.4 Å². The van der Waals surface area contributed by atoms with Gasteiger partial charge < -0.3 is 38.2 Å². The molecule has 2 aliphatic carbocycles. The van der Waals surface area contributed by atoms with Crippen molar-refractivity contribution in [3.05, 3.63) is 45.0 Å². The first-order valence-electron chi connectivity index (χ1n) is 40.6. The third-order valence-electron chi connectivity index (χ3n) is 24.4. The van der Waals surface area contributed by atoms with Gasteiger partial charge in [-0.1, -0.05) is 158 Å². The van der Waals surface area contributed by atoms with E-state index in [0.29, 0.717) is 36.6 Å². The van der Waals surface area contributed by atoms with E-state index in [0.717, 1.165) is 191 Å². The molecule has 0 aromatic rings. The van der Waals surface area contributed by atoms with Gasteiger partial charge in [0.05, 0.1) is 62.3 Å². The Bertz CT molecular complexity index is 2380. The number of piperidine rings is 2. The highest BCUT2D eigenvalue weighted by Crippen LogP contribution is 2.49. The van der Waals surface area contributed by atoms with E-state index in [1.807, 2.05) is 13.8 Å². The highest BCUT2D eigenvalue weighted by Gasteiger charge is 2.45. The van der Waals surface area contributed by atoms with Crippen molar-refractivity contribution in [2.24, 2.45) is 59.2 Å². The lowest BCUT2D eigenvalue weighted by Crippen LogP contribution is -2.45. The number of carbonyl (C=O) groups excluding carboxylic acids is 4. The summed E-state index contributed by atoms with van der Waals surface area (Å²) in [4.78, 5) is 57.2. The average Bonchev–Trinajstić information content (AvgIpc) is 0.767. The molecule has 10 atom stereocenters. The summed E-state index contributed by atoms with van der Waals surface area (Å²) in [6.45, 7) is 43.7. The van der Waals surface area contributed by atoms with Crippen LogP contribution >= 0.6 is 11.8 Å². The predicted molar refractivity (Wildman–Crippen MR) is 406 cm³/mol. The van der Waals surface area contributed by atoms with Crippen LogP contribution in [0.2, 0.25) is 0 Å². The molecule has 6 aliphatic rings. The van der Waals surface area contributed by atoms with E-state index in [1.165, 1.54) is 115 Å². The lowest BCUT2D eigenvalue weighted by Gasteiger charge is -2.46. The zero-order valence-corrected chi connectivity index (χ0v) is 66.5. The molecule has 562 valence electrons. The summed E-state index contributed by atoms with van der Waals surface area (Å²) in [5, 5.41) is 0. The number of allylic oxidation sites excluding steroid dienone is 2. The first kappa shape index (κ1) is 84.0. The Labute approximate surface area is 604 Å². The summed E-state index contributed by atoms with van der Waals surface area (Å²) in [6.07, 6.45) is 34.8. The second-order valence-corrected chi connectivity index (χ2v) is 35.4. The number of nitrogens with zero attached hydrogens (tertiary/aromatic N) is 2. The summed E-state index contributed by atoms with van der Waals surface area (Å²) in [5.74, 6) is 8.54. The van der Waals surface area contributed by atoms with Gasteiger partial charge in [-0.05, 0) is 258 Å². The molecule has 4 saturated heterocycles. The lowest BCUT2D eigenvalue weighted by molar-refractivity contribution is -0.149. The Hall–Kier alpha value is -2.97. The standard InChI is InChI=1S/C85H146N2O10S/c1-60(2)24-17-26-62(5)28-19-30-64(7)32-21-46-84(15)48-38-74-70(13)80(66(9)68(11)82(74)96-84)94-78(90)36-34-76(88)92-56-44-72-40-51-86(52-41-72)50-23-58-98-59-55-87-53-42-73(43-54-87)45-57-93-77(89)35-37-79(91)95-81-67(10)69(12)83-75(71(81)14)39-49-85(16,97-83)47-22-33-65(8)31-20-29-63(6)27-18-25-61(3)4/h60-65,72-75,82-83H,17-59H2,1-16H3. The van der Waals surface area contributed by atoms with E-state index < -0.39 is 0 Å². The molecule has 0 amide bonds. The van der Waals surface area contributed by atoms with Crippen LogP contribution < -0.4 is 0 Å². The molecule has 13 heteroatoms. The number of hydrogen-bond donors (Lipinski definition) is 0. The van der Waals surface area contributed by atoms with Crippen LogP contribution in [0.4, 0.5) is 0 Å². The molecule has 6 rings (SSSR count). The van der Waals surface area contributed by atoms with E-state index in [1.54, 1.807) is 0 Å². The van der Waals surface area contributed by atoms with E-state index in [9.17, 15) is 19.2 Å². The van der Waals surface area contributed by atoms with Crippen molar-refractivity contribution in [3.63, 3.8) is 0 Å². The topological polar surface area (TPSA) is 130 Å². The quantitative estimate of drug-likeness (QED) is 0.0326. The minimum atomic E-state index is -0.379. The van der Waals surface area contributed by atoms with Crippen molar-refractivity contribution in [2.45, 2.75) is 346 Å². The SMILES string of the molecule is CC1=C(C)C2OC(C)(CCCC(C)CCCC(C)CCCC(C)C)CCC2C(C)=C1OC(=O)CCC(=O)OCCC1CCN(CCCSCCN2CCC(CCOC(=O)CCC(=O)OC3=C(C)C4CCC(C)(CCCC(C)CCCC(C)CCCC(C)C)OC4C(C)=C3C)CC2)CC1. The number of hydrogen-bond acceptors (Lipinski definition) is 13. The Kier molecular flexibility index (Phi) is 37.1. The number of likely N-dealkylation sites (tertiary alicyclic amines) is 2. The van der Waals surface area contributed by atoms with Crippen LogP contribution in [0.3, 0.4) is 0 Å². The number of rotatable bonds is 45. The molecule has 0 N–H and O–H groups in total. The van der Waals surface area contributed by atoms with Crippen LogP contribution in [0, 0.1) is 59.2 Å². The lowest BCUT2D eigenvalue weighted by atomic mass is 9.73. The first-order chi connectivity index (χ1) is 46.7. The highest BCUT2D eigenvalue weighted by atomic mass is 32.2. The summed E-state index contributed by atoms with van der Waals surface area (Å²) >= 11 is 2.06. The van der Waals surface area contributed by atoms with Crippen LogP contribution in [0.1, 0.15) is 323 Å². The van der Waals surface area contributed by atoms with Crippen molar-refractivity contribution in [3.8, 4) is 0 Å². The molecule has 10 unspecified atom stereocenters. The van der Waals surface area contributed by atoms with Gasteiger partial charge >= 0.3 is 23.9 Å². The van der Waals surface area contributed by atoms with Gasteiger partial charge in [0.25, 0.3) is 0 Å². The van der Waals surface area contributed by atoms with Crippen LogP contribution in [-0.2, 0) is 47.6 Å². The zero-order valence-electron chi connectivity index (χ0n) is 65.7. The van der Waals surface area contributed by atoms with Gasteiger partial charge in [0.2, 0.25) is 0 Å². The minimum absolute atomic E-state index is 0.00609. The smallest absolute Gasteiger partial charge is 0.311 e. The van der Waals surface area contributed by atoms with E-state index in [-0.39, 0.29) is 84.8 Å². The van der Waals surface area contributed by atoms with Crippen LogP contribution in [0.15, 0.2) is 45.0 Å². The summed E-state index contributed by atoms with van der Waals surface area (Å²) in [7, 11) is 0. The molecular formula is C85H146N2O10S. The molecule has 0 aromatic carbocycles. The minimum Gasteiger partial charge on any atom is -0.466 e. The average molecular weight is 1390 g/mol. The molecule has 4 aliphatic heterocycles. The Morgan fingerprint density at radius 1 is 0.439 bits per heavy atom. The molecule has 4 heterocycles. The molecule has 12 nitrogen and oxygen atoms in total. The normalized spacial score (nSPS) is 25.2. The maximum absolute atomic E-state index is 13.2. The summed E-state index contributed by atoms with van der Waals surface area (Å²) < 4.78 is 37.4. The summed E-state index contributed by atoms with van der Waals surface area (Å²) in [6, 6.07) is 0. The highest BCUT2D eigenvalue weighted by molar-refractivity contribution is 7.99. The largest absolute Gasteiger partial charge is 0.466 e. The zero-order chi connectivity index (χ0) is 71.4. The van der Waals surface area contributed by atoms with Gasteiger partial charge in [-0.2, -0.15) is 11.8 Å². The maximum atomic E-state index is 13.2. The van der Waals surface area contributed by atoms with Crippen LogP contribution in [-0.4, -0.2) is 121 Å². The van der Waals surface area contributed by atoms with Gasteiger partial charge in [0.15, 0.2) is 0 Å². The molecule has 0 spiro atoms. The van der Waals surface area contributed by atoms with Gasteiger partial charge in [-0.15, -0.1) is 0 Å². The van der Waals surface area contributed by atoms with Crippen molar-refractivity contribution < 1.29 is 47.6 Å². The fourth-order valence-electron chi connectivity index (χ4n) is 17.0. The first-order valence-corrected chi connectivity index (χ1v) is 41.7. The Balaban J connectivity index is 0.729. The van der Waals surface area contributed by atoms with Crippen molar-refractivity contribution in [1.29, 1.82) is 0 Å². The third kappa shape index (κ3) is 29.3. The van der Waals surface area contributed by atoms with Crippen molar-refractivity contribution >= 4 is 35.6 Å². The molecule has 98 heavy (non-hydrogen) atoms. The number of thioether (sulfide) groups is 1. The Morgan fingerprint density at radius 3 is 1.16 bits per heavy atom. The van der Waals surface area contributed by atoms with Gasteiger partial charge in [-0.3, -0.25) is 19.2 Å². The second kappa shape index (κ2) is 43.3. The number of carbonyl (C=O) groups is 4. The molecule has 0 radical (unpaired) electrons. The molecule has 4 fully saturated rings. The predicted octanol–water partition coefficient (Wildman–Crippen LogP) is 21.3. The molecule has 0 saturated carbocycles.